The van der Waals surface area contributed by atoms with E-state index in [1.54, 1.807) is 0 Å². The summed E-state index contributed by atoms with van der Waals surface area (Å²) in [6, 6.07) is 0. The van der Waals surface area contributed by atoms with Crippen LogP contribution in [-0.4, -0.2) is 87.2 Å². The third kappa shape index (κ3) is 3.96. The lowest BCUT2D eigenvalue weighted by Crippen LogP contribution is -2.40. The van der Waals surface area contributed by atoms with Gasteiger partial charge in [0.15, 0.2) is 11.6 Å². The number of hydrogen-bond acceptors (Lipinski definition) is 10. The van der Waals surface area contributed by atoms with Crippen LogP contribution in [0.15, 0.2) is 4.63 Å². The topological polar surface area (TPSA) is 103 Å². The molecule has 2 aromatic rings. The van der Waals surface area contributed by atoms with Crippen LogP contribution in [0.25, 0.3) is 11.3 Å². The summed E-state index contributed by atoms with van der Waals surface area (Å²) in [7, 11) is 0. The molecule has 0 spiro atoms. The van der Waals surface area contributed by atoms with Crippen LogP contribution in [-0.2, 0) is 0 Å². The van der Waals surface area contributed by atoms with Gasteiger partial charge in [-0.3, -0.25) is 4.90 Å². The van der Waals surface area contributed by atoms with Crippen LogP contribution in [0, 0.1) is 0 Å². The first-order valence-corrected chi connectivity index (χ1v) is 9.92. The number of aliphatic hydroxyl groups is 1. The zero-order valence-electron chi connectivity index (χ0n) is 14.1. The third-order valence-electron chi connectivity index (χ3n) is 4.61. The fraction of sp³-hybridized carbons (Fsp3) is 0.733. The number of hydrogen-bond donors (Lipinski definition) is 2. The average molecular weight is 365 g/mol. The average Bonchev–Trinajstić information content (AvgIpc) is 3.09. The molecule has 2 saturated heterocycles. The van der Waals surface area contributed by atoms with Gasteiger partial charge in [0.1, 0.15) is 0 Å². The molecule has 0 aliphatic carbocycles. The Bertz CT molecular complexity index is 706. The lowest BCUT2D eigenvalue weighted by atomic mass is 10.1. The number of nitrogens with zero attached hydrogens (tertiary/aromatic N) is 6. The Morgan fingerprint density at radius 2 is 1.96 bits per heavy atom. The van der Waals surface area contributed by atoms with E-state index < -0.39 is 0 Å². The Hall–Kier alpha value is -1.65. The molecule has 0 saturated carbocycles. The number of piperidine rings is 1. The Balaban J connectivity index is 1.46. The van der Waals surface area contributed by atoms with Gasteiger partial charge in [-0.05, 0) is 29.7 Å². The lowest BCUT2D eigenvalue weighted by molar-refractivity contribution is 0.0730. The Morgan fingerprint density at radius 3 is 2.76 bits per heavy atom. The second-order valence-electron chi connectivity index (χ2n) is 6.43. The van der Waals surface area contributed by atoms with E-state index in [2.05, 4.69) is 35.4 Å². The van der Waals surface area contributed by atoms with Gasteiger partial charge in [-0.1, -0.05) is 0 Å². The van der Waals surface area contributed by atoms with E-state index in [9.17, 15) is 5.11 Å². The number of thioether (sulfide) groups is 1. The normalized spacial score (nSPS) is 22.4. The van der Waals surface area contributed by atoms with Gasteiger partial charge < -0.3 is 15.3 Å². The first kappa shape index (κ1) is 16.8. The Kier molecular flexibility index (Phi) is 5.18. The standard InChI is InChI=1S/C15H23N7O2S/c23-11-2-1-4-21(10-11)5-3-16-14-15(22-6-8-25-9-7-22)18-13-12(17-14)19-24-20-13/h11,23H,1-10H2,(H,16,17,19). The largest absolute Gasteiger partial charge is 0.392 e. The van der Waals surface area contributed by atoms with Gasteiger partial charge in [-0.2, -0.15) is 11.8 Å². The first-order valence-electron chi connectivity index (χ1n) is 8.77. The maximum Gasteiger partial charge on any atom is 0.245 e. The number of nitrogens with one attached hydrogen (secondary N) is 1. The third-order valence-corrected chi connectivity index (χ3v) is 5.55. The van der Waals surface area contributed by atoms with Crippen molar-refractivity contribution in [3.63, 3.8) is 0 Å². The van der Waals surface area contributed by atoms with Gasteiger partial charge in [-0.15, -0.1) is 0 Å². The van der Waals surface area contributed by atoms with Crippen molar-refractivity contribution in [1.29, 1.82) is 0 Å². The van der Waals surface area contributed by atoms with Crippen molar-refractivity contribution in [1.82, 2.24) is 25.2 Å². The van der Waals surface area contributed by atoms with Crippen LogP contribution >= 0.6 is 11.8 Å². The highest BCUT2D eigenvalue weighted by Crippen LogP contribution is 2.26. The maximum atomic E-state index is 9.79. The van der Waals surface area contributed by atoms with Crippen molar-refractivity contribution in [3.8, 4) is 0 Å². The minimum Gasteiger partial charge on any atom is -0.392 e. The number of likely N-dealkylation sites (tertiary alicyclic amines) is 1. The van der Waals surface area contributed by atoms with Crippen LogP contribution in [0.2, 0.25) is 0 Å². The fourth-order valence-electron chi connectivity index (χ4n) is 3.31. The molecule has 2 N–H and O–H groups in total. The molecule has 0 bridgehead atoms. The zero-order chi connectivity index (χ0) is 17.1. The highest BCUT2D eigenvalue weighted by atomic mass is 32.2. The van der Waals surface area contributed by atoms with Crippen LogP contribution < -0.4 is 10.2 Å². The van der Waals surface area contributed by atoms with Crippen LogP contribution in [0.1, 0.15) is 12.8 Å². The van der Waals surface area contributed by atoms with Crippen LogP contribution in [0.4, 0.5) is 11.6 Å². The summed E-state index contributed by atoms with van der Waals surface area (Å²) >= 11 is 1.95. The number of aromatic nitrogens is 4. The summed E-state index contributed by atoms with van der Waals surface area (Å²) < 4.78 is 4.76. The summed E-state index contributed by atoms with van der Waals surface area (Å²) in [6.07, 6.45) is 1.75. The number of rotatable bonds is 5. The molecule has 2 fully saturated rings. The van der Waals surface area contributed by atoms with Gasteiger partial charge in [0, 0.05) is 44.2 Å². The SMILES string of the molecule is OC1CCCN(CCNc2nc3nonc3nc2N2CCSCC2)C1. The molecule has 0 radical (unpaired) electrons. The number of fused-ring (bicyclic) bond motifs is 1. The molecular weight excluding hydrogens is 342 g/mol. The molecule has 1 unspecified atom stereocenters. The highest BCUT2D eigenvalue weighted by molar-refractivity contribution is 7.99. The number of aliphatic hydroxyl groups excluding tert-OH is 1. The van der Waals surface area contributed by atoms with E-state index in [-0.39, 0.29) is 6.10 Å². The van der Waals surface area contributed by atoms with Gasteiger partial charge in [-0.25, -0.2) is 14.6 Å². The molecule has 4 rings (SSSR count). The summed E-state index contributed by atoms with van der Waals surface area (Å²) in [6.45, 7) is 5.28. The van der Waals surface area contributed by atoms with E-state index in [1.165, 1.54) is 0 Å². The molecular formula is C15H23N7O2S. The minimum absolute atomic E-state index is 0.201. The van der Waals surface area contributed by atoms with Crippen molar-refractivity contribution in [2.75, 3.05) is 61.0 Å². The minimum atomic E-state index is -0.201. The number of anilines is 2. The second-order valence-corrected chi connectivity index (χ2v) is 7.65. The van der Waals surface area contributed by atoms with Crippen molar-refractivity contribution in [2.45, 2.75) is 18.9 Å². The van der Waals surface area contributed by atoms with E-state index in [0.29, 0.717) is 11.3 Å². The van der Waals surface area contributed by atoms with Crippen molar-refractivity contribution in [3.05, 3.63) is 0 Å². The summed E-state index contributed by atoms with van der Waals surface area (Å²) in [5.74, 6) is 3.72. The Labute approximate surface area is 150 Å². The predicted octanol–water partition coefficient (Wildman–Crippen LogP) is 0.435. The van der Waals surface area contributed by atoms with Crippen molar-refractivity contribution < 1.29 is 9.74 Å². The van der Waals surface area contributed by atoms with E-state index >= 15 is 0 Å². The quantitative estimate of drug-likeness (QED) is 0.775. The Morgan fingerprint density at radius 1 is 1.16 bits per heavy atom. The molecule has 0 aromatic carbocycles. The summed E-state index contributed by atoms with van der Waals surface area (Å²) in [4.78, 5) is 13.7. The summed E-state index contributed by atoms with van der Waals surface area (Å²) in [5, 5.41) is 20.8. The first-order chi connectivity index (χ1) is 12.3. The second kappa shape index (κ2) is 7.71. The van der Waals surface area contributed by atoms with Gasteiger partial charge in [0.05, 0.1) is 6.10 Å². The molecule has 136 valence electrons. The van der Waals surface area contributed by atoms with Crippen molar-refractivity contribution >= 4 is 34.7 Å². The monoisotopic (exact) mass is 365 g/mol. The molecule has 2 aliphatic rings. The van der Waals surface area contributed by atoms with Gasteiger partial charge in [0.2, 0.25) is 11.3 Å². The maximum absolute atomic E-state index is 9.79. The molecule has 1 atom stereocenters. The summed E-state index contributed by atoms with van der Waals surface area (Å²) in [5.41, 5.74) is 0.865. The molecule has 2 aromatic heterocycles. The molecule has 25 heavy (non-hydrogen) atoms. The molecule has 9 nitrogen and oxygen atoms in total. The fourth-order valence-corrected chi connectivity index (χ4v) is 4.21. The molecule has 2 aliphatic heterocycles. The number of β-amino-alcohol motifs (C(OH)–C–C–N with tert-alkyl or cyclic N) is 1. The van der Waals surface area contributed by atoms with E-state index in [0.717, 1.165) is 75.3 Å². The van der Waals surface area contributed by atoms with Crippen LogP contribution in [0.3, 0.4) is 0 Å². The van der Waals surface area contributed by atoms with E-state index in [4.69, 9.17) is 4.63 Å². The van der Waals surface area contributed by atoms with Crippen LogP contribution in [0.5, 0.6) is 0 Å². The smallest absolute Gasteiger partial charge is 0.245 e. The molecule has 0 amide bonds. The zero-order valence-corrected chi connectivity index (χ0v) is 14.9. The van der Waals surface area contributed by atoms with E-state index in [1.807, 2.05) is 11.8 Å². The lowest BCUT2D eigenvalue weighted by Gasteiger charge is -2.30. The van der Waals surface area contributed by atoms with Crippen molar-refractivity contribution in [2.24, 2.45) is 0 Å². The molecule has 4 heterocycles. The van der Waals surface area contributed by atoms with Gasteiger partial charge >= 0.3 is 0 Å². The van der Waals surface area contributed by atoms with Gasteiger partial charge in [0.25, 0.3) is 0 Å². The highest BCUT2D eigenvalue weighted by Gasteiger charge is 2.21. The molecule has 10 heteroatoms. The predicted molar refractivity (Wildman–Crippen MR) is 97.1 cm³/mol.